The number of rotatable bonds is 6. The summed E-state index contributed by atoms with van der Waals surface area (Å²) in [6, 6.07) is 10.4. The highest BCUT2D eigenvalue weighted by Crippen LogP contribution is 2.24. The number of thiophene rings is 1. The van der Waals surface area contributed by atoms with E-state index in [4.69, 9.17) is 4.42 Å². The van der Waals surface area contributed by atoms with E-state index in [1.807, 2.05) is 17.5 Å². The fraction of sp³-hybridized carbons (Fsp3) is 0.167. The number of aliphatic imine (C=N–C) groups is 1. The molecular weight excluding hydrogens is 400 g/mol. The second-order valence-corrected chi connectivity index (χ2v) is 8.58. The molecule has 0 saturated carbocycles. The lowest BCUT2D eigenvalue weighted by Gasteiger charge is -2.02. The van der Waals surface area contributed by atoms with Crippen LogP contribution in [0, 0.1) is 0 Å². The van der Waals surface area contributed by atoms with Crippen LogP contribution in [0.5, 0.6) is 0 Å². The Morgan fingerprint density at radius 3 is 2.93 bits per heavy atom. The van der Waals surface area contributed by atoms with Crippen molar-refractivity contribution in [3.05, 3.63) is 59.3 Å². The molecule has 0 aliphatic carbocycles. The lowest BCUT2D eigenvalue weighted by molar-refractivity contribution is -0.121. The number of sulfonamides is 1. The molecule has 0 fully saturated rings. The van der Waals surface area contributed by atoms with Gasteiger partial charge in [0.05, 0.1) is 28.6 Å². The van der Waals surface area contributed by atoms with Gasteiger partial charge in [-0.25, -0.2) is 13.4 Å². The summed E-state index contributed by atoms with van der Waals surface area (Å²) >= 11 is 1.52. The second-order valence-electron chi connectivity index (χ2n) is 5.98. The van der Waals surface area contributed by atoms with E-state index in [-0.39, 0.29) is 36.1 Å². The lowest BCUT2D eigenvalue weighted by atomic mass is 10.2. The van der Waals surface area contributed by atoms with E-state index in [1.165, 1.54) is 23.7 Å². The first-order valence-electron chi connectivity index (χ1n) is 8.44. The summed E-state index contributed by atoms with van der Waals surface area (Å²) in [5, 5.41) is 4.69. The van der Waals surface area contributed by atoms with Crippen molar-refractivity contribution in [2.24, 2.45) is 4.99 Å². The normalized spacial score (nSPS) is 15.9. The summed E-state index contributed by atoms with van der Waals surface area (Å²) in [7, 11) is -3.57. The highest BCUT2D eigenvalue weighted by Gasteiger charge is 2.29. The summed E-state index contributed by atoms with van der Waals surface area (Å²) in [5.74, 6) is 0.581. The molecule has 144 valence electrons. The summed E-state index contributed by atoms with van der Waals surface area (Å²) < 4.78 is 31.9. The quantitative estimate of drug-likeness (QED) is 0.639. The number of hydrogen-bond donors (Lipinski definition) is 2. The van der Waals surface area contributed by atoms with Gasteiger partial charge in [0, 0.05) is 12.0 Å². The van der Waals surface area contributed by atoms with Gasteiger partial charge in [0.25, 0.3) is 10.0 Å². The maximum absolute atomic E-state index is 12.0. The van der Waals surface area contributed by atoms with Crippen LogP contribution in [0.1, 0.15) is 17.7 Å². The first-order valence-corrected chi connectivity index (χ1v) is 10.8. The molecule has 4 rings (SSSR count). The number of nitrogens with one attached hydrogen (secondary N) is 2. The van der Waals surface area contributed by atoms with Crippen molar-refractivity contribution in [2.75, 3.05) is 6.54 Å². The van der Waals surface area contributed by atoms with E-state index < -0.39 is 10.0 Å². The zero-order valence-corrected chi connectivity index (χ0v) is 16.2. The molecule has 3 heterocycles. The van der Waals surface area contributed by atoms with Crippen LogP contribution in [0.4, 0.5) is 0 Å². The highest BCUT2D eigenvalue weighted by atomic mass is 32.2. The Hall–Kier alpha value is -2.98. The zero-order valence-electron chi connectivity index (χ0n) is 14.6. The van der Waals surface area contributed by atoms with E-state index in [1.54, 1.807) is 18.2 Å². The second kappa shape index (κ2) is 7.56. The summed E-state index contributed by atoms with van der Waals surface area (Å²) in [5.41, 5.74) is 1.15. The number of oxazole rings is 1. The predicted molar refractivity (Wildman–Crippen MR) is 104 cm³/mol. The number of carbonyl (C=O) groups excluding carboxylic acids is 1. The van der Waals surface area contributed by atoms with Gasteiger partial charge < -0.3 is 9.73 Å². The number of aromatic nitrogens is 1. The molecule has 3 aromatic rings. The number of benzene rings is 1. The lowest BCUT2D eigenvalue weighted by Crippen LogP contribution is -2.25. The number of carbonyl (C=O) groups is 1. The number of amidine groups is 1. The molecule has 0 radical (unpaired) electrons. The smallest absolute Gasteiger partial charge is 0.263 e. The van der Waals surface area contributed by atoms with Crippen LogP contribution in [0.3, 0.4) is 0 Å². The van der Waals surface area contributed by atoms with Crippen molar-refractivity contribution in [3.63, 3.8) is 0 Å². The highest BCUT2D eigenvalue weighted by molar-refractivity contribution is 7.90. The van der Waals surface area contributed by atoms with Crippen molar-refractivity contribution >= 4 is 33.1 Å². The third kappa shape index (κ3) is 3.82. The Kier molecular flexibility index (Phi) is 4.97. The molecule has 28 heavy (non-hydrogen) atoms. The fourth-order valence-electron chi connectivity index (χ4n) is 2.70. The molecule has 0 atom stereocenters. The minimum atomic E-state index is -3.57. The first kappa shape index (κ1) is 18.4. The molecule has 1 aliphatic rings. The van der Waals surface area contributed by atoms with Crippen LogP contribution in [0.2, 0.25) is 0 Å². The Morgan fingerprint density at radius 2 is 2.11 bits per heavy atom. The topological polar surface area (TPSA) is 114 Å². The molecule has 1 amide bonds. The summed E-state index contributed by atoms with van der Waals surface area (Å²) in [6.45, 7) is 0.414. The van der Waals surface area contributed by atoms with Crippen molar-refractivity contribution in [2.45, 2.75) is 17.9 Å². The first-order chi connectivity index (χ1) is 13.5. The van der Waals surface area contributed by atoms with E-state index >= 15 is 0 Å². The van der Waals surface area contributed by atoms with Gasteiger partial charge in [0.2, 0.25) is 11.8 Å². The van der Waals surface area contributed by atoms with Crippen LogP contribution in [0.15, 0.2) is 62.3 Å². The van der Waals surface area contributed by atoms with E-state index in [0.29, 0.717) is 17.1 Å². The van der Waals surface area contributed by atoms with E-state index in [0.717, 1.165) is 4.88 Å². The van der Waals surface area contributed by atoms with Crippen LogP contribution >= 0.6 is 11.3 Å². The molecule has 0 bridgehead atoms. The number of hydrogen-bond acceptors (Lipinski definition) is 7. The number of nitrogens with zero attached hydrogens (tertiary/aromatic N) is 2. The third-order valence-corrected chi connectivity index (χ3v) is 6.28. The summed E-state index contributed by atoms with van der Waals surface area (Å²) in [6.07, 6.45) is 1.64. The molecule has 10 heteroatoms. The number of amides is 1. The van der Waals surface area contributed by atoms with Gasteiger partial charge in [-0.2, -0.15) is 0 Å². The molecule has 0 saturated heterocycles. The van der Waals surface area contributed by atoms with Crippen LogP contribution < -0.4 is 10.0 Å². The van der Waals surface area contributed by atoms with Gasteiger partial charge in [0.15, 0.2) is 0 Å². The minimum Gasteiger partial charge on any atom is -0.443 e. The zero-order chi connectivity index (χ0) is 19.6. The monoisotopic (exact) mass is 416 g/mol. The van der Waals surface area contributed by atoms with Crippen molar-refractivity contribution < 1.29 is 17.6 Å². The van der Waals surface area contributed by atoms with Crippen LogP contribution in [-0.2, 0) is 21.4 Å². The fourth-order valence-corrected chi connectivity index (χ4v) is 4.61. The molecule has 8 nitrogen and oxygen atoms in total. The van der Waals surface area contributed by atoms with Crippen LogP contribution in [0.25, 0.3) is 10.8 Å². The Morgan fingerprint density at radius 1 is 1.25 bits per heavy atom. The minimum absolute atomic E-state index is 0.128. The largest absolute Gasteiger partial charge is 0.443 e. The SMILES string of the molecule is O=C(CCN=C1NS(=O)(=O)c2ccccc21)NCc1coc(-c2cccs2)n1. The number of fused-ring (bicyclic) bond motifs is 1. The van der Waals surface area contributed by atoms with Gasteiger partial charge in [-0.3, -0.25) is 14.5 Å². The van der Waals surface area contributed by atoms with E-state index in [9.17, 15) is 13.2 Å². The Bertz CT molecular complexity index is 1130. The molecule has 0 spiro atoms. The van der Waals surface area contributed by atoms with Crippen molar-refractivity contribution in [1.82, 2.24) is 15.0 Å². The molecule has 2 aromatic heterocycles. The average Bonchev–Trinajstić information content (AvgIpc) is 3.40. The Labute approximate surface area is 165 Å². The molecule has 1 aromatic carbocycles. The van der Waals surface area contributed by atoms with Gasteiger partial charge in [0.1, 0.15) is 12.1 Å². The van der Waals surface area contributed by atoms with Gasteiger partial charge in [-0.1, -0.05) is 18.2 Å². The molecular formula is C18H16N4O4S2. The van der Waals surface area contributed by atoms with Crippen molar-refractivity contribution in [3.8, 4) is 10.8 Å². The maximum Gasteiger partial charge on any atom is 0.263 e. The molecule has 1 aliphatic heterocycles. The van der Waals surface area contributed by atoms with E-state index in [2.05, 4.69) is 20.0 Å². The van der Waals surface area contributed by atoms with Crippen molar-refractivity contribution in [1.29, 1.82) is 0 Å². The van der Waals surface area contributed by atoms with Gasteiger partial charge >= 0.3 is 0 Å². The predicted octanol–water partition coefficient (Wildman–Crippen LogP) is 2.15. The third-order valence-electron chi connectivity index (χ3n) is 4.02. The molecule has 0 unspecified atom stereocenters. The maximum atomic E-state index is 12.0. The standard InChI is InChI=1S/C18H16N4O4S2/c23-16(20-10-12-11-26-18(21-12)14-5-3-9-27-14)7-8-19-17-13-4-1-2-6-15(13)28(24,25)22-17/h1-6,9,11H,7-8,10H2,(H,19,22)(H,20,23). The summed E-state index contributed by atoms with van der Waals surface area (Å²) in [4.78, 5) is 21.7. The average molecular weight is 416 g/mol. The van der Waals surface area contributed by atoms with Gasteiger partial charge in [-0.15, -0.1) is 11.3 Å². The van der Waals surface area contributed by atoms with Gasteiger partial charge in [-0.05, 0) is 23.6 Å². The van der Waals surface area contributed by atoms with Crippen LogP contribution in [-0.4, -0.2) is 31.7 Å². The Balaban J connectivity index is 1.30. The molecule has 2 N–H and O–H groups in total.